The van der Waals surface area contributed by atoms with Gasteiger partial charge in [0, 0.05) is 48.3 Å². The Morgan fingerprint density at radius 1 is 1.12 bits per heavy atom. The van der Waals surface area contributed by atoms with Crippen molar-refractivity contribution in [2.24, 2.45) is 0 Å². The highest BCUT2D eigenvalue weighted by molar-refractivity contribution is 7.99. The highest BCUT2D eigenvalue weighted by Gasteiger charge is 2.35. The Bertz CT molecular complexity index is 1300. The van der Waals surface area contributed by atoms with Gasteiger partial charge in [0.1, 0.15) is 17.0 Å². The van der Waals surface area contributed by atoms with E-state index in [-0.39, 0.29) is 0 Å². The lowest BCUT2D eigenvalue weighted by Crippen LogP contribution is -2.59. The highest BCUT2D eigenvalue weighted by Crippen LogP contribution is 2.38. The van der Waals surface area contributed by atoms with E-state index < -0.39 is 0 Å². The third-order valence-electron chi connectivity index (χ3n) is 6.30. The Hall–Kier alpha value is -2.49. The molecule has 0 atom stereocenters. The first-order chi connectivity index (χ1) is 15.7. The summed E-state index contributed by atoms with van der Waals surface area (Å²) in [5, 5.41) is 2.33. The van der Waals surface area contributed by atoms with Crippen LogP contribution >= 0.6 is 23.4 Å². The number of rotatable bonds is 5. The lowest BCUT2D eigenvalue weighted by Gasteiger charge is -2.45. The monoisotopic (exact) mass is 466 g/mol. The zero-order chi connectivity index (χ0) is 21.7. The van der Waals surface area contributed by atoms with Crippen molar-refractivity contribution in [2.75, 3.05) is 31.1 Å². The number of pyridine rings is 1. The van der Waals surface area contributed by atoms with Gasteiger partial charge >= 0.3 is 0 Å². The van der Waals surface area contributed by atoms with Crippen LogP contribution in [-0.4, -0.2) is 67.0 Å². The maximum absolute atomic E-state index is 6.75. The van der Waals surface area contributed by atoms with E-state index in [0.717, 1.165) is 57.5 Å². The van der Waals surface area contributed by atoms with E-state index in [1.165, 1.54) is 37.7 Å². The average Bonchev–Trinajstić information content (AvgIpc) is 3.41. The van der Waals surface area contributed by atoms with Gasteiger partial charge in [-0.3, -0.25) is 9.88 Å². The summed E-state index contributed by atoms with van der Waals surface area (Å²) in [4.78, 5) is 32.0. The summed E-state index contributed by atoms with van der Waals surface area (Å²) in [7, 11) is 0. The third-order valence-corrected chi connectivity index (χ3v) is 7.55. The molecule has 8 nitrogen and oxygen atoms in total. The van der Waals surface area contributed by atoms with Crippen molar-refractivity contribution in [3.8, 4) is 0 Å². The number of hydrogen-bond donors (Lipinski definition) is 1. The van der Waals surface area contributed by atoms with Crippen LogP contribution in [0.4, 0.5) is 5.82 Å². The maximum Gasteiger partial charge on any atom is 0.196 e. The summed E-state index contributed by atoms with van der Waals surface area (Å²) in [6.07, 6.45) is 8.55. The minimum absolute atomic E-state index is 0.602. The molecular formula is C22H23ClN8S. The van der Waals surface area contributed by atoms with Gasteiger partial charge in [-0.05, 0) is 50.2 Å². The SMILES string of the molecule is CCc1[nH]c2nc(Sc3cnc4nccnc4c3)nc(N3CC(N4CCCC4)C3)c2c1Cl. The smallest absolute Gasteiger partial charge is 0.196 e. The van der Waals surface area contributed by atoms with Crippen LogP contribution in [0.5, 0.6) is 0 Å². The summed E-state index contributed by atoms with van der Waals surface area (Å²) in [6, 6.07) is 2.57. The molecule has 2 aliphatic heterocycles. The number of H-pyrrole nitrogens is 1. The Morgan fingerprint density at radius 2 is 1.94 bits per heavy atom. The molecule has 0 spiro atoms. The summed E-state index contributed by atoms with van der Waals surface area (Å²) in [6.45, 7) is 6.47. The molecule has 10 heteroatoms. The number of aromatic amines is 1. The first-order valence-electron chi connectivity index (χ1n) is 11.0. The second-order valence-corrected chi connectivity index (χ2v) is 9.72. The van der Waals surface area contributed by atoms with Gasteiger partial charge in [-0.2, -0.15) is 0 Å². The molecule has 4 aromatic heterocycles. The number of hydrogen-bond acceptors (Lipinski definition) is 8. The molecule has 0 bridgehead atoms. The van der Waals surface area contributed by atoms with E-state index in [9.17, 15) is 0 Å². The van der Waals surface area contributed by atoms with Gasteiger partial charge in [-0.15, -0.1) is 0 Å². The second kappa shape index (κ2) is 8.13. The van der Waals surface area contributed by atoms with Crippen molar-refractivity contribution in [1.29, 1.82) is 0 Å². The molecule has 6 heterocycles. The first kappa shape index (κ1) is 20.1. The predicted molar refractivity (Wildman–Crippen MR) is 127 cm³/mol. The van der Waals surface area contributed by atoms with Crippen molar-refractivity contribution < 1.29 is 0 Å². The van der Waals surface area contributed by atoms with Crippen LogP contribution in [0, 0.1) is 0 Å². The van der Waals surface area contributed by atoms with Crippen molar-refractivity contribution in [3.05, 3.63) is 35.4 Å². The maximum atomic E-state index is 6.75. The van der Waals surface area contributed by atoms with E-state index >= 15 is 0 Å². The van der Waals surface area contributed by atoms with Crippen LogP contribution < -0.4 is 4.90 Å². The van der Waals surface area contributed by atoms with Crippen molar-refractivity contribution in [3.63, 3.8) is 0 Å². The molecule has 0 unspecified atom stereocenters. The molecule has 6 rings (SSSR count). The Labute approximate surface area is 194 Å². The number of nitrogens with one attached hydrogen (secondary N) is 1. The number of fused-ring (bicyclic) bond motifs is 2. The lowest BCUT2D eigenvalue weighted by atomic mass is 10.1. The van der Waals surface area contributed by atoms with Crippen molar-refractivity contribution in [2.45, 2.75) is 42.3 Å². The van der Waals surface area contributed by atoms with Gasteiger partial charge in [0.25, 0.3) is 0 Å². The summed E-state index contributed by atoms with van der Waals surface area (Å²) >= 11 is 8.23. The molecule has 0 radical (unpaired) electrons. The summed E-state index contributed by atoms with van der Waals surface area (Å²) in [5.74, 6) is 0.919. The van der Waals surface area contributed by atoms with Crippen LogP contribution in [-0.2, 0) is 6.42 Å². The summed E-state index contributed by atoms with van der Waals surface area (Å²) in [5.41, 5.74) is 3.17. The first-order valence-corrected chi connectivity index (χ1v) is 12.2. The predicted octanol–water partition coefficient (Wildman–Crippen LogP) is 3.95. The molecule has 0 aliphatic carbocycles. The van der Waals surface area contributed by atoms with E-state index in [1.807, 2.05) is 6.07 Å². The van der Waals surface area contributed by atoms with Crippen LogP contribution in [0.25, 0.3) is 22.2 Å². The molecule has 0 aromatic carbocycles. The zero-order valence-electron chi connectivity index (χ0n) is 17.8. The van der Waals surface area contributed by atoms with E-state index in [2.05, 4.69) is 36.7 Å². The van der Waals surface area contributed by atoms with Gasteiger partial charge in [0.15, 0.2) is 10.8 Å². The molecule has 32 heavy (non-hydrogen) atoms. The van der Waals surface area contributed by atoms with Crippen LogP contribution in [0.2, 0.25) is 5.02 Å². The van der Waals surface area contributed by atoms with Crippen molar-refractivity contribution in [1.82, 2.24) is 34.8 Å². The fourth-order valence-corrected chi connectivity index (χ4v) is 5.67. The quantitative estimate of drug-likeness (QED) is 0.442. The molecule has 4 aromatic rings. The minimum Gasteiger partial charge on any atom is -0.353 e. The van der Waals surface area contributed by atoms with Gasteiger partial charge in [0.2, 0.25) is 0 Å². The average molecular weight is 467 g/mol. The lowest BCUT2D eigenvalue weighted by molar-refractivity contribution is 0.204. The number of anilines is 1. The van der Waals surface area contributed by atoms with Gasteiger partial charge in [-0.25, -0.2) is 19.9 Å². The largest absolute Gasteiger partial charge is 0.353 e. The molecule has 164 valence electrons. The Kier molecular flexibility index (Phi) is 5.12. The molecule has 2 aliphatic rings. The highest BCUT2D eigenvalue weighted by atomic mass is 35.5. The summed E-state index contributed by atoms with van der Waals surface area (Å²) < 4.78 is 0. The van der Waals surface area contributed by atoms with Gasteiger partial charge in [0.05, 0.1) is 10.4 Å². The van der Waals surface area contributed by atoms with Crippen LogP contribution in [0.3, 0.4) is 0 Å². The number of aryl methyl sites for hydroxylation is 1. The molecule has 0 saturated carbocycles. The molecule has 0 amide bonds. The van der Waals surface area contributed by atoms with Crippen LogP contribution in [0.1, 0.15) is 25.5 Å². The fraction of sp³-hybridized carbons (Fsp3) is 0.409. The number of aromatic nitrogens is 6. The fourth-order valence-electron chi connectivity index (χ4n) is 4.55. The standard InChI is InChI=1S/C22H23ClN8S/c1-2-15-18(23)17-20(27-15)28-22(32-14-9-16-19(26-10-14)25-6-5-24-16)29-21(17)31-11-13(12-31)30-7-3-4-8-30/h5-6,9-10,13H,2-4,7-8,11-12H2,1H3,(H,27,28,29). The molecule has 2 fully saturated rings. The normalized spacial score (nSPS) is 17.5. The van der Waals surface area contributed by atoms with Crippen LogP contribution in [0.15, 0.2) is 34.7 Å². The van der Waals surface area contributed by atoms with Gasteiger partial charge in [-0.1, -0.05) is 18.5 Å². The van der Waals surface area contributed by atoms with Crippen molar-refractivity contribution >= 4 is 51.4 Å². The van der Waals surface area contributed by atoms with E-state index in [1.54, 1.807) is 18.6 Å². The molecular weight excluding hydrogens is 444 g/mol. The zero-order valence-corrected chi connectivity index (χ0v) is 19.3. The van der Waals surface area contributed by atoms with E-state index in [0.29, 0.717) is 16.8 Å². The Balaban J connectivity index is 1.35. The van der Waals surface area contributed by atoms with Gasteiger partial charge < -0.3 is 9.88 Å². The molecule has 1 N–H and O–H groups in total. The number of nitrogens with zero attached hydrogens (tertiary/aromatic N) is 7. The minimum atomic E-state index is 0.602. The number of halogens is 1. The number of likely N-dealkylation sites (tertiary alicyclic amines) is 1. The third kappa shape index (κ3) is 3.48. The topological polar surface area (TPSA) is 86.7 Å². The Morgan fingerprint density at radius 3 is 2.75 bits per heavy atom. The van der Waals surface area contributed by atoms with E-state index in [4.69, 9.17) is 21.6 Å². The molecule has 2 saturated heterocycles. The second-order valence-electron chi connectivity index (χ2n) is 8.30.